The zero-order valence-electron chi connectivity index (χ0n) is 20.7. The van der Waals surface area contributed by atoms with Gasteiger partial charge in [0.25, 0.3) is 0 Å². The number of carbonyl (C=O) groups excluding carboxylic acids is 3. The number of aromatic hydroxyl groups is 1. The predicted octanol–water partition coefficient (Wildman–Crippen LogP) is 0.823. The standard InChI is InChI=1S/C24H38N4O6S/c1-5-14(4)20(28-21(30)17(25)12-35)23(32)26-18(11-15-6-8-16(29)9-7-15)22(31)27-19(24(33)34)10-13(2)3/h6-9,13-14,17-20,29,35H,5,10-12,25H2,1-4H3,(H,26,32)(H,27,31)(H,28,30)(H,33,34). The molecule has 0 fully saturated rings. The SMILES string of the molecule is CCC(C)C(NC(=O)C(N)CS)C(=O)NC(Cc1ccc(O)cc1)C(=O)NC(CC(C)C)C(=O)O. The van der Waals surface area contributed by atoms with Crippen molar-refractivity contribution in [2.75, 3.05) is 5.75 Å². The van der Waals surface area contributed by atoms with E-state index in [9.17, 15) is 29.4 Å². The van der Waals surface area contributed by atoms with Crippen LogP contribution in [-0.4, -0.2) is 63.8 Å². The molecule has 5 atom stereocenters. The molecule has 10 nitrogen and oxygen atoms in total. The number of carboxylic acids is 1. The summed E-state index contributed by atoms with van der Waals surface area (Å²) >= 11 is 4.02. The number of phenols is 1. The molecule has 1 aromatic rings. The van der Waals surface area contributed by atoms with Gasteiger partial charge in [-0.25, -0.2) is 4.79 Å². The number of hydrogen-bond acceptors (Lipinski definition) is 7. The first kappa shape index (κ1) is 30.2. The molecule has 0 saturated carbocycles. The summed E-state index contributed by atoms with van der Waals surface area (Å²) in [5.74, 6) is -3.08. The summed E-state index contributed by atoms with van der Waals surface area (Å²) in [6.07, 6.45) is 0.829. The highest BCUT2D eigenvalue weighted by Gasteiger charge is 2.32. The first-order valence-corrected chi connectivity index (χ1v) is 12.3. The summed E-state index contributed by atoms with van der Waals surface area (Å²) in [5, 5.41) is 26.9. The molecule has 196 valence electrons. The van der Waals surface area contributed by atoms with Gasteiger partial charge in [0.15, 0.2) is 0 Å². The Labute approximate surface area is 211 Å². The Hall–Kier alpha value is -2.79. The average Bonchev–Trinajstić information content (AvgIpc) is 2.81. The van der Waals surface area contributed by atoms with Crippen LogP contribution in [0.3, 0.4) is 0 Å². The number of nitrogens with one attached hydrogen (secondary N) is 3. The quantitative estimate of drug-likeness (QED) is 0.182. The average molecular weight is 511 g/mol. The van der Waals surface area contributed by atoms with Crippen LogP contribution in [0, 0.1) is 11.8 Å². The molecule has 0 spiro atoms. The van der Waals surface area contributed by atoms with Crippen molar-refractivity contribution in [2.45, 2.75) is 71.1 Å². The summed E-state index contributed by atoms with van der Waals surface area (Å²) in [4.78, 5) is 50.4. The normalized spacial score (nSPS) is 15.4. The largest absolute Gasteiger partial charge is 0.508 e. The lowest BCUT2D eigenvalue weighted by atomic mass is 9.96. The van der Waals surface area contributed by atoms with Crippen molar-refractivity contribution in [2.24, 2.45) is 17.6 Å². The second-order valence-corrected chi connectivity index (χ2v) is 9.49. The van der Waals surface area contributed by atoms with Crippen molar-refractivity contribution in [1.82, 2.24) is 16.0 Å². The molecule has 0 radical (unpaired) electrons. The van der Waals surface area contributed by atoms with Crippen LogP contribution in [0.4, 0.5) is 0 Å². The van der Waals surface area contributed by atoms with Gasteiger partial charge >= 0.3 is 5.97 Å². The molecular formula is C24H38N4O6S. The van der Waals surface area contributed by atoms with Gasteiger partial charge in [0.1, 0.15) is 23.9 Å². The van der Waals surface area contributed by atoms with Gasteiger partial charge < -0.3 is 31.9 Å². The van der Waals surface area contributed by atoms with Crippen molar-refractivity contribution < 1.29 is 29.4 Å². The van der Waals surface area contributed by atoms with E-state index in [0.29, 0.717) is 12.0 Å². The molecule has 0 saturated heterocycles. The van der Waals surface area contributed by atoms with Gasteiger partial charge in [-0.2, -0.15) is 12.6 Å². The number of benzene rings is 1. The van der Waals surface area contributed by atoms with Crippen LogP contribution < -0.4 is 21.7 Å². The summed E-state index contributed by atoms with van der Waals surface area (Å²) in [5.41, 5.74) is 6.37. The van der Waals surface area contributed by atoms with Crippen molar-refractivity contribution >= 4 is 36.3 Å². The Morgan fingerprint density at radius 1 is 0.943 bits per heavy atom. The number of carboxylic acid groups (broad SMARTS) is 1. The number of aliphatic carboxylic acids is 1. The number of phenolic OH excluding ortho intramolecular Hbond substituents is 1. The number of rotatable bonds is 14. The molecule has 0 aliphatic rings. The molecule has 3 amide bonds. The maximum absolute atomic E-state index is 13.2. The van der Waals surface area contributed by atoms with Crippen molar-refractivity contribution in [3.63, 3.8) is 0 Å². The van der Waals surface area contributed by atoms with Crippen LogP contribution >= 0.6 is 12.6 Å². The molecule has 1 rings (SSSR count). The fraction of sp³-hybridized carbons (Fsp3) is 0.583. The minimum atomic E-state index is -1.17. The van der Waals surface area contributed by atoms with Gasteiger partial charge in [0.2, 0.25) is 17.7 Å². The fourth-order valence-corrected chi connectivity index (χ4v) is 3.51. The highest BCUT2D eigenvalue weighted by molar-refractivity contribution is 7.80. The number of nitrogens with two attached hydrogens (primary N) is 1. The third-order valence-electron chi connectivity index (χ3n) is 5.66. The molecule has 0 aliphatic heterocycles. The lowest BCUT2D eigenvalue weighted by Crippen LogP contribution is -2.59. The van der Waals surface area contributed by atoms with Crippen LogP contribution in [-0.2, 0) is 25.6 Å². The lowest BCUT2D eigenvalue weighted by molar-refractivity contribution is -0.142. The molecule has 1 aromatic carbocycles. The topological polar surface area (TPSA) is 171 Å². The van der Waals surface area contributed by atoms with E-state index in [0.717, 1.165) is 0 Å². The molecule has 35 heavy (non-hydrogen) atoms. The summed E-state index contributed by atoms with van der Waals surface area (Å²) in [7, 11) is 0. The number of hydrogen-bond donors (Lipinski definition) is 7. The number of amides is 3. The summed E-state index contributed by atoms with van der Waals surface area (Å²) in [6.45, 7) is 7.33. The first-order chi connectivity index (χ1) is 16.4. The fourth-order valence-electron chi connectivity index (χ4n) is 3.35. The van der Waals surface area contributed by atoms with E-state index in [1.165, 1.54) is 12.1 Å². The van der Waals surface area contributed by atoms with Gasteiger partial charge in [-0.3, -0.25) is 14.4 Å². The molecule has 0 aromatic heterocycles. The first-order valence-electron chi connectivity index (χ1n) is 11.7. The molecule has 5 unspecified atom stereocenters. The van der Waals surface area contributed by atoms with E-state index in [-0.39, 0.29) is 36.2 Å². The number of thiol groups is 1. The molecular weight excluding hydrogens is 472 g/mol. The zero-order chi connectivity index (χ0) is 26.7. The molecule has 0 heterocycles. The van der Waals surface area contributed by atoms with E-state index in [1.807, 2.05) is 20.8 Å². The Morgan fingerprint density at radius 2 is 1.51 bits per heavy atom. The van der Waals surface area contributed by atoms with Crippen molar-refractivity contribution in [3.05, 3.63) is 29.8 Å². The van der Waals surface area contributed by atoms with Crippen LogP contribution in [0.2, 0.25) is 0 Å². The zero-order valence-corrected chi connectivity index (χ0v) is 21.5. The predicted molar refractivity (Wildman–Crippen MR) is 136 cm³/mol. The van der Waals surface area contributed by atoms with Crippen LogP contribution in [0.5, 0.6) is 5.75 Å². The third-order valence-corrected chi connectivity index (χ3v) is 6.05. The highest BCUT2D eigenvalue weighted by atomic mass is 32.1. The van der Waals surface area contributed by atoms with E-state index >= 15 is 0 Å². The smallest absolute Gasteiger partial charge is 0.326 e. The molecule has 0 bridgehead atoms. The molecule has 7 N–H and O–H groups in total. The lowest BCUT2D eigenvalue weighted by Gasteiger charge is -2.28. The van der Waals surface area contributed by atoms with Gasteiger partial charge in [0, 0.05) is 12.2 Å². The van der Waals surface area contributed by atoms with E-state index in [4.69, 9.17) is 5.73 Å². The Kier molecular flexibility index (Phi) is 12.6. The Bertz CT molecular complexity index is 864. The maximum atomic E-state index is 13.2. The third kappa shape index (κ3) is 10.2. The minimum Gasteiger partial charge on any atom is -0.508 e. The van der Waals surface area contributed by atoms with E-state index in [1.54, 1.807) is 19.1 Å². The van der Waals surface area contributed by atoms with Crippen molar-refractivity contribution in [3.8, 4) is 5.75 Å². The molecule has 0 aliphatic carbocycles. The Morgan fingerprint density at radius 3 is 2.00 bits per heavy atom. The summed E-state index contributed by atoms with van der Waals surface area (Å²) in [6, 6.07) is 2.00. The van der Waals surface area contributed by atoms with E-state index < -0.39 is 47.9 Å². The van der Waals surface area contributed by atoms with Crippen LogP contribution in [0.1, 0.15) is 46.1 Å². The van der Waals surface area contributed by atoms with Crippen LogP contribution in [0.15, 0.2) is 24.3 Å². The maximum Gasteiger partial charge on any atom is 0.326 e. The minimum absolute atomic E-state index is 0.0163. The van der Waals surface area contributed by atoms with Gasteiger partial charge in [-0.1, -0.05) is 46.2 Å². The second-order valence-electron chi connectivity index (χ2n) is 9.12. The second kappa shape index (κ2) is 14.6. The van der Waals surface area contributed by atoms with Gasteiger partial charge in [-0.15, -0.1) is 0 Å². The highest BCUT2D eigenvalue weighted by Crippen LogP contribution is 2.14. The van der Waals surface area contributed by atoms with E-state index in [2.05, 4.69) is 28.6 Å². The summed E-state index contributed by atoms with van der Waals surface area (Å²) < 4.78 is 0. The monoisotopic (exact) mass is 510 g/mol. The van der Waals surface area contributed by atoms with Crippen LogP contribution in [0.25, 0.3) is 0 Å². The number of carbonyl (C=O) groups is 4. The van der Waals surface area contributed by atoms with Gasteiger partial charge in [-0.05, 0) is 36.0 Å². The Balaban J connectivity index is 3.18. The molecule has 11 heteroatoms. The van der Waals surface area contributed by atoms with Gasteiger partial charge in [0.05, 0.1) is 6.04 Å². The van der Waals surface area contributed by atoms with Crippen molar-refractivity contribution in [1.29, 1.82) is 0 Å².